The molecule has 2 rings (SSSR count). The van der Waals surface area contributed by atoms with E-state index in [0.717, 1.165) is 28.7 Å². The summed E-state index contributed by atoms with van der Waals surface area (Å²) in [5.74, 6) is 0.634. The molecule has 1 aromatic heterocycles. The van der Waals surface area contributed by atoms with Crippen LogP contribution in [0.15, 0.2) is 18.2 Å². The zero-order valence-corrected chi connectivity index (χ0v) is 9.76. The summed E-state index contributed by atoms with van der Waals surface area (Å²) in [5, 5.41) is 4.05. The van der Waals surface area contributed by atoms with Gasteiger partial charge in [0.05, 0.1) is 5.52 Å². The van der Waals surface area contributed by atoms with Gasteiger partial charge in [-0.2, -0.15) is 0 Å². The summed E-state index contributed by atoms with van der Waals surface area (Å²) in [6, 6.07) is 5.35. The number of aromatic nitrogens is 1. The van der Waals surface area contributed by atoms with E-state index in [4.69, 9.17) is 0 Å². The maximum atomic E-state index is 13.4. The summed E-state index contributed by atoms with van der Waals surface area (Å²) in [6.07, 6.45) is 0.912. The minimum Gasteiger partial charge on any atom is -0.373 e. The molecule has 0 saturated heterocycles. The molecule has 84 valence electrons. The van der Waals surface area contributed by atoms with Crippen LogP contribution in [0.4, 0.5) is 10.2 Å². The first-order chi connectivity index (χ1) is 7.67. The van der Waals surface area contributed by atoms with E-state index in [9.17, 15) is 4.39 Å². The van der Waals surface area contributed by atoms with Crippen LogP contribution in [0.25, 0.3) is 10.9 Å². The van der Waals surface area contributed by atoms with Gasteiger partial charge in [0.15, 0.2) is 0 Å². The molecule has 1 aromatic carbocycles. The summed E-state index contributed by atoms with van der Waals surface area (Å²) in [6.45, 7) is 3.84. The molecule has 1 N–H and O–H groups in total. The molecule has 0 spiro atoms. The first-order valence-electron chi connectivity index (χ1n) is 5.43. The number of rotatable bonds is 2. The Labute approximate surface area is 94.5 Å². The average Bonchev–Trinajstić information content (AvgIpc) is 2.32. The number of halogens is 1. The van der Waals surface area contributed by atoms with Crippen LogP contribution in [-0.4, -0.2) is 12.0 Å². The van der Waals surface area contributed by atoms with E-state index in [1.807, 2.05) is 7.05 Å². The number of aryl methyl sites for hydroxylation is 2. The fourth-order valence-electron chi connectivity index (χ4n) is 1.89. The second kappa shape index (κ2) is 4.08. The average molecular weight is 218 g/mol. The lowest BCUT2D eigenvalue weighted by atomic mass is 10.1. The molecule has 2 nitrogen and oxygen atoms in total. The van der Waals surface area contributed by atoms with E-state index < -0.39 is 0 Å². The zero-order chi connectivity index (χ0) is 11.7. The molecular weight excluding hydrogens is 203 g/mol. The van der Waals surface area contributed by atoms with Crippen molar-refractivity contribution in [1.29, 1.82) is 0 Å². The summed E-state index contributed by atoms with van der Waals surface area (Å²) >= 11 is 0. The Morgan fingerprint density at radius 1 is 1.38 bits per heavy atom. The highest BCUT2D eigenvalue weighted by Crippen LogP contribution is 2.24. The lowest BCUT2D eigenvalue weighted by molar-refractivity contribution is 0.620. The number of pyridine rings is 1. The van der Waals surface area contributed by atoms with Crippen molar-refractivity contribution < 1.29 is 4.39 Å². The second-order valence-corrected chi connectivity index (χ2v) is 3.84. The zero-order valence-electron chi connectivity index (χ0n) is 9.76. The number of fused-ring (bicyclic) bond motifs is 1. The summed E-state index contributed by atoms with van der Waals surface area (Å²) < 4.78 is 13.4. The quantitative estimate of drug-likeness (QED) is 0.836. The van der Waals surface area contributed by atoms with Crippen LogP contribution < -0.4 is 5.32 Å². The number of benzene rings is 1. The molecule has 0 saturated carbocycles. The molecule has 0 fully saturated rings. The van der Waals surface area contributed by atoms with E-state index in [0.29, 0.717) is 5.56 Å². The molecule has 0 unspecified atom stereocenters. The van der Waals surface area contributed by atoms with Crippen LogP contribution in [0, 0.1) is 12.7 Å². The van der Waals surface area contributed by atoms with Gasteiger partial charge in [0.1, 0.15) is 11.6 Å². The van der Waals surface area contributed by atoms with Gasteiger partial charge in [-0.3, -0.25) is 0 Å². The van der Waals surface area contributed by atoms with Crippen molar-refractivity contribution >= 4 is 16.7 Å². The molecular formula is C13H15FN2. The Hall–Kier alpha value is -1.64. The maximum Gasteiger partial charge on any atom is 0.129 e. The van der Waals surface area contributed by atoms with Crippen molar-refractivity contribution in [3.05, 3.63) is 35.1 Å². The normalized spacial score (nSPS) is 10.8. The SMILES string of the molecule is CCc1cc2ccc(F)c(C)c2nc1NC. The summed E-state index contributed by atoms with van der Waals surface area (Å²) in [5.41, 5.74) is 2.50. The van der Waals surface area contributed by atoms with Gasteiger partial charge in [-0.05, 0) is 37.1 Å². The van der Waals surface area contributed by atoms with Crippen LogP contribution in [0.2, 0.25) is 0 Å². The Morgan fingerprint density at radius 3 is 2.75 bits per heavy atom. The topological polar surface area (TPSA) is 24.9 Å². The number of anilines is 1. The first kappa shape index (κ1) is 10.9. The van der Waals surface area contributed by atoms with Gasteiger partial charge in [-0.25, -0.2) is 9.37 Å². The van der Waals surface area contributed by atoms with Crippen molar-refractivity contribution in [3.8, 4) is 0 Å². The smallest absolute Gasteiger partial charge is 0.129 e. The highest BCUT2D eigenvalue weighted by Gasteiger charge is 2.08. The van der Waals surface area contributed by atoms with Crippen molar-refractivity contribution in [2.45, 2.75) is 20.3 Å². The molecule has 1 heterocycles. The monoisotopic (exact) mass is 218 g/mol. The van der Waals surface area contributed by atoms with E-state index >= 15 is 0 Å². The lowest BCUT2D eigenvalue weighted by Gasteiger charge is -2.10. The molecule has 0 aliphatic carbocycles. The minimum absolute atomic E-state index is 0.202. The maximum absolute atomic E-state index is 13.4. The van der Waals surface area contributed by atoms with Crippen LogP contribution in [-0.2, 0) is 6.42 Å². The van der Waals surface area contributed by atoms with E-state index in [1.165, 1.54) is 6.07 Å². The van der Waals surface area contributed by atoms with Gasteiger partial charge in [0.25, 0.3) is 0 Å². The van der Waals surface area contributed by atoms with Gasteiger partial charge in [-0.15, -0.1) is 0 Å². The molecule has 0 bridgehead atoms. The Kier molecular flexibility index (Phi) is 2.77. The second-order valence-electron chi connectivity index (χ2n) is 3.84. The standard InChI is InChI=1S/C13H15FN2/c1-4-9-7-10-5-6-11(14)8(2)12(10)16-13(9)15-3/h5-7H,4H2,1-3H3,(H,15,16). The van der Waals surface area contributed by atoms with Crippen molar-refractivity contribution in [1.82, 2.24) is 4.98 Å². The molecule has 0 amide bonds. The Balaban J connectivity index is 2.78. The third kappa shape index (κ3) is 1.62. The van der Waals surface area contributed by atoms with E-state index in [1.54, 1.807) is 13.0 Å². The summed E-state index contributed by atoms with van der Waals surface area (Å²) in [4.78, 5) is 4.47. The van der Waals surface area contributed by atoms with Gasteiger partial charge in [0.2, 0.25) is 0 Å². The molecule has 0 atom stereocenters. The number of hydrogen-bond acceptors (Lipinski definition) is 2. The number of nitrogens with zero attached hydrogens (tertiary/aromatic N) is 1. The largest absolute Gasteiger partial charge is 0.373 e. The van der Waals surface area contributed by atoms with E-state index in [2.05, 4.69) is 23.3 Å². The highest BCUT2D eigenvalue weighted by atomic mass is 19.1. The molecule has 0 radical (unpaired) electrons. The molecule has 16 heavy (non-hydrogen) atoms. The Morgan fingerprint density at radius 2 is 2.12 bits per heavy atom. The molecule has 0 aliphatic heterocycles. The van der Waals surface area contributed by atoms with Crippen molar-refractivity contribution in [2.75, 3.05) is 12.4 Å². The fourth-order valence-corrected chi connectivity index (χ4v) is 1.89. The van der Waals surface area contributed by atoms with Gasteiger partial charge in [-0.1, -0.05) is 6.92 Å². The van der Waals surface area contributed by atoms with Crippen LogP contribution in [0.3, 0.4) is 0 Å². The van der Waals surface area contributed by atoms with Crippen LogP contribution in [0.1, 0.15) is 18.1 Å². The number of nitrogens with one attached hydrogen (secondary N) is 1. The predicted octanol–water partition coefficient (Wildman–Crippen LogP) is 3.29. The number of hydrogen-bond donors (Lipinski definition) is 1. The lowest BCUT2D eigenvalue weighted by Crippen LogP contribution is -2.00. The molecule has 0 aliphatic rings. The van der Waals surface area contributed by atoms with Gasteiger partial charge < -0.3 is 5.32 Å². The predicted molar refractivity (Wildman–Crippen MR) is 65.4 cm³/mol. The van der Waals surface area contributed by atoms with Crippen molar-refractivity contribution in [3.63, 3.8) is 0 Å². The van der Waals surface area contributed by atoms with Gasteiger partial charge in [0, 0.05) is 18.0 Å². The van der Waals surface area contributed by atoms with Crippen molar-refractivity contribution in [2.24, 2.45) is 0 Å². The summed E-state index contributed by atoms with van der Waals surface area (Å²) in [7, 11) is 1.84. The van der Waals surface area contributed by atoms with Crippen LogP contribution in [0.5, 0.6) is 0 Å². The van der Waals surface area contributed by atoms with Gasteiger partial charge >= 0.3 is 0 Å². The third-order valence-corrected chi connectivity index (χ3v) is 2.87. The third-order valence-electron chi connectivity index (χ3n) is 2.87. The highest BCUT2D eigenvalue weighted by molar-refractivity contribution is 5.84. The minimum atomic E-state index is -0.202. The first-order valence-corrected chi connectivity index (χ1v) is 5.43. The van der Waals surface area contributed by atoms with E-state index in [-0.39, 0.29) is 5.82 Å². The fraction of sp³-hybridized carbons (Fsp3) is 0.308. The molecule has 3 heteroatoms. The van der Waals surface area contributed by atoms with Crippen LogP contribution >= 0.6 is 0 Å². The molecule has 2 aromatic rings. The Bertz CT molecular complexity index is 535.